The Kier molecular flexibility index (Phi) is 7.90. The first-order chi connectivity index (χ1) is 38.3. The second-order valence-electron chi connectivity index (χ2n) is 20.9. The van der Waals surface area contributed by atoms with E-state index < -0.39 is 0 Å². The number of nitrogens with zero attached hydrogens (tertiary/aromatic N) is 4. The maximum Gasteiger partial charge on any atom is 0.104 e. The maximum atomic E-state index is 12.8. The Labute approximate surface area is 440 Å². The van der Waals surface area contributed by atoms with E-state index in [0.29, 0.717) is 5.56 Å². The number of aromatic nitrogens is 3. The fourth-order valence-corrected chi connectivity index (χ4v) is 14.5. The van der Waals surface area contributed by atoms with Crippen LogP contribution in [-0.2, 0) is 0 Å². The van der Waals surface area contributed by atoms with E-state index in [1.165, 1.54) is 97.0 Å². The SMILES string of the molecule is N#Cc1c(-n2c3cccc4c5ccccc5c5cccc2c5c43)c(-c2ccccc2)c(-n2c3cccc4c5ccccc5c5cccc2c5c43)c(-c2ccccc2)c1-n1c2cccc3c4ccccc4c4cccc1c4c32. The highest BCUT2D eigenvalue weighted by Crippen LogP contribution is 2.55. The third-order valence-electron chi connectivity index (χ3n) is 17.3. The van der Waals surface area contributed by atoms with Gasteiger partial charge in [-0.15, -0.1) is 0 Å². The molecule has 4 heteroatoms. The van der Waals surface area contributed by atoms with Gasteiger partial charge in [0.05, 0.1) is 50.2 Å². The monoisotopic (exact) mass is 972 g/mol. The lowest BCUT2D eigenvalue weighted by Gasteiger charge is -2.28. The highest BCUT2D eigenvalue weighted by atomic mass is 15.1. The number of rotatable bonds is 5. The van der Waals surface area contributed by atoms with Gasteiger partial charge in [0.1, 0.15) is 11.6 Å². The molecule has 18 rings (SSSR count). The van der Waals surface area contributed by atoms with Crippen molar-refractivity contribution >= 4 is 130 Å². The van der Waals surface area contributed by atoms with E-state index in [-0.39, 0.29) is 0 Å². The van der Waals surface area contributed by atoms with Crippen molar-refractivity contribution in [2.45, 2.75) is 0 Å². The van der Waals surface area contributed by atoms with Crippen LogP contribution in [0.1, 0.15) is 5.56 Å². The van der Waals surface area contributed by atoms with Gasteiger partial charge in [-0.3, -0.25) is 0 Å². The molecule has 0 bridgehead atoms. The molecular formula is C73H40N4. The van der Waals surface area contributed by atoms with Crippen molar-refractivity contribution < 1.29 is 0 Å². The van der Waals surface area contributed by atoms with E-state index in [0.717, 1.165) is 72.4 Å². The first-order valence-corrected chi connectivity index (χ1v) is 26.5. The lowest BCUT2D eigenvalue weighted by Crippen LogP contribution is -2.13. The maximum absolute atomic E-state index is 12.8. The van der Waals surface area contributed by atoms with Crippen molar-refractivity contribution in [3.05, 3.63) is 248 Å². The van der Waals surface area contributed by atoms with Gasteiger partial charge in [0.2, 0.25) is 0 Å². The average molecular weight is 973 g/mol. The Morgan fingerprint density at radius 3 is 0.688 bits per heavy atom. The van der Waals surface area contributed by atoms with Crippen molar-refractivity contribution in [3.8, 4) is 45.4 Å². The Morgan fingerprint density at radius 1 is 0.221 bits per heavy atom. The van der Waals surface area contributed by atoms with Crippen LogP contribution in [0.25, 0.3) is 169 Å². The summed E-state index contributed by atoms with van der Waals surface area (Å²) in [5, 5.41) is 34.6. The second-order valence-corrected chi connectivity index (χ2v) is 20.9. The van der Waals surface area contributed by atoms with E-state index in [2.05, 4.69) is 262 Å². The minimum atomic E-state index is 0.586. The molecule has 3 heterocycles. The smallest absolute Gasteiger partial charge is 0.104 e. The van der Waals surface area contributed by atoms with E-state index in [1.807, 2.05) is 0 Å². The first kappa shape index (κ1) is 40.9. The number of hydrogen-bond donors (Lipinski definition) is 0. The number of benzene rings is 15. The van der Waals surface area contributed by atoms with Crippen LogP contribution in [-0.4, -0.2) is 13.7 Å². The lowest BCUT2D eigenvalue weighted by atomic mass is 9.88. The molecule has 0 aliphatic rings. The van der Waals surface area contributed by atoms with Crippen molar-refractivity contribution in [1.82, 2.24) is 13.7 Å². The Hall–Kier alpha value is -10.5. The fraction of sp³-hybridized carbons (Fsp3) is 0. The molecule has 0 saturated carbocycles. The molecule has 352 valence electrons. The Bertz CT molecular complexity index is 5060. The summed E-state index contributed by atoms with van der Waals surface area (Å²) in [6.45, 7) is 0. The molecule has 0 N–H and O–H groups in total. The third kappa shape index (κ3) is 5.06. The molecule has 18 aromatic rings. The van der Waals surface area contributed by atoms with Crippen molar-refractivity contribution in [2.24, 2.45) is 0 Å². The summed E-state index contributed by atoms with van der Waals surface area (Å²) in [4.78, 5) is 0. The highest BCUT2D eigenvalue weighted by molar-refractivity contribution is 6.38. The molecule has 0 aliphatic carbocycles. The van der Waals surface area contributed by atoms with Crippen LogP contribution in [0.5, 0.6) is 0 Å². The molecule has 0 fully saturated rings. The standard InChI is InChI=1S/C73H40N4/c74-41-56-71(75-57-35-13-29-50-44-23-7-8-24-45(44)51-30-14-36-58(75)66(51)65(50)57)63(42-19-3-1-4-20-42)73(77-61-39-17-33-54-48-27-11-12-28-49(48)55-34-18-40-62(77)70(55)69(54)61)64(43-21-5-2-6-22-43)72(56)76-59-37-15-31-52-46-25-9-10-26-47(46)53-32-16-38-60(76)68(53)67(52)59/h1-40H. The highest BCUT2D eigenvalue weighted by Gasteiger charge is 2.35. The molecule has 77 heavy (non-hydrogen) atoms. The van der Waals surface area contributed by atoms with Crippen LogP contribution in [0.4, 0.5) is 0 Å². The topological polar surface area (TPSA) is 38.6 Å². The zero-order valence-electron chi connectivity index (χ0n) is 41.4. The zero-order chi connectivity index (χ0) is 50.2. The number of nitriles is 1. The summed E-state index contributed by atoms with van der Waals surface area (Å²) in [6, 6.07) is 92.1. The zero-order valence-corrected chi connectivity index (χ0v) is 41.4. The average Bonchev–Trinajstić information content (AvgIpc) is 4.32. The molecular weight excluding hydrogens is 933 g/mol. The fourth-order valence-electron chi connectivity index (χ4n) is 14.5. The molecule has 0 amide bonds. The Balaban J connectivity index is 1.17. The van der Waals surface area contributed by atoms with E-state index >= 15 is 0 Å². The van der Waals surface area contributed by atoms with Crippen LogP contribution in [0.2, 0.25) is 0 Å². The van der Waals surface area contributed by atoms with Gasteiger partial charge < -0.3 is 13.7 Å². The summed E-state index contributed by atoms with van der Waals surface area (Å²) in [6.07, 6.45) is 0. The Morgan fingerprint density at radius 2 is 0.442 bits per heavy atom. The van der Waals surface area contributed by atoms with Crippen LogP contribution >= 0.6 is 0 Å². The largest absolute Gasteiger partial charge is 0.308 e. The molecule has 0 atom stereocenters. The summed E-state index contributed by atoms with van der Waals surface area (Å²) < 4.78 is 7.49. The lowest BCUT2D eigenvalue weighted by molar-refractivity contribution is 1.09. The molecule has 0 unspecified atom stereocenters. The minimum absolute atomic E-state index is 0.586. The predicted molar refractivity (Wildman–Crippen MR) is 324 cm³/mol. The van der Waals surface area contributed by atoms with Crippen LogP contribution in [0, 0.1) is 11.3 Å². The number of fused-ring (bicyclic) bond motifs is 9. The van der Waals surface area contributed by atoms with Crippen LogP contribution in [0.15, 0.2) is 243 Å². The first-order valence-electron chi connectivity index (χ1n) is 26.5. The van der Waals surface area contributed by atoms with Gasteiger partial charge in [-0.05, 0) is 112 Å². The molecule has 0 aliphatic heterocycles. The molecule has 0 spiro atoms. The molecule has 0 radical (unpaired) electrons. The van der Waals surface area contributed by atoms with Gasteiger partial charge >= 0.3 is 0 Å². The summed E-state index contributed by atoms with van der Waals surface area (Å²) in [7, 11) is 0. The van der Waals surface area contributed by atoms with Gasteiger partial charge in [-0.2, -0.15) is 5.26 Å². The van der Waals surface area contributed by atoms with Gasteiger partial charge in [0.15, 0.2) is 0 Å². The quantitative estimate of drug-likeness (QED) is 0.158. The third-order valence-corrected chi connectivity index (χ3v) is 17.3. The molecule has 4 nitrogen and oxygen atoms in total. The summed E-state index contributed by atoms with van der Waals surface area (Å²) in [5.41, 5.74) is 13.7. The second kappa shape index (κ2) is 14.9. The normalized spacial score (nSPS) is 12.4. The van der Waals surface area contributed by atoms with E-state index in [4.69, 9.17) is 0 Å². The van der Waals surface area contributed by atoms with E-state index in [9.17, 15) is 5.26 Å². The molecule has 15 aromatic carbocycles. The molecule has 3 aromatic heterocycles. The van der Waals surface area contributed by atoms with Gasteiger partial charge in [-0.25, -0.2) is 0 Å². The van der Waals surface area contributed by atoms with Crippen molar-refractivity contribution in [1.29, 1.82) is 5.26 Å². The van der Waals surface area contributed by atoms with Crippen molar-refractivity contribution in [3.63, 3.8) is 0 Å². The minimum Gasteiger partial charge on any atom is -0.308 e. The van der Waals surface area contributed by atoms with Crippen molar-refractivity contribution in [2.75, 3.05) is 0 Å². The van der Waals surface area contributed by atoms with Gasteiger partial charge in [0, 0.05) is 43.4 Å². The van der Waals surface area contributed by atoms with Crippen LogP contribution < -0.4 is 0 Å². The van der Waals surface area contributed by atoms with Crippen LogP contribution in [0.3, 0.4) is 0 Å². The molecule has 0 saturated heterocycles. The van der Waals surface area contributed by atoms with E-state index in [1.54, 1.807) is 0 Å². The van der Waals surface area contributed by atoms with Gasteiger partial charge in [0.25, 0.3) is 0 Å². The van der Waals surface area contributed by atoms with Gasteiger partial charge in [-0.1, -0.05) is 206 Å². The predicted octanol–water partition coefficient (Wildman–Crippen LogP) is 19.4. The summed E-state index contributed by atoms with van der Waals surface area (Å²) >= 11 is 0. The summed E-state index contributed by atoms with van der Waals surface area (Å²) in [5.74, 6) is 0. The number of hydrogen-bond acceptors (Lipinski definition) is 1.